The van der Waals surface area contributed by atoms with Crippen molar-refractivity contribution in [1.82, 2.24) is 4.57 Å². The Hall–Kier alpha value is -4.46. The molecular weight excluding hydrogens is 448 g/mol. The number of benzene rings is 3. The van der Waals surface area contributed by atoms with E-state index in [9.17, 15) is 9.59 Å². The number of para-hydroxylation sites is 3. The lowest BCUT2D eigenvalue weighted by molar-refractivity contribution is -0.119. The van der Waals surface area contributed by atoms with Crippen LogP contribution in [0.3, 0.4) is 0 Å². The molecule has 1 aliphatic heterocycles. The summed E-state index contributed by atoms with van der Waals surface area (Å²) in [5, 5.41) is 0. The highest BCUT2D eigenvalue weighted by atomic mass is 16.6. The van der Waals surface area contributed by atoms with E-state index in [1.165, 1.54) is 4.57 Å². The van der Waals surface area contributed by atoms with Gasteiger partial charge >= 0.3 is 5.76 Å². The number of nitrogens with zero attached hydrogens (tertiary/aromatic N) is 2. The highest BCUT2D eigenvalue weighted by Crippen LogP contribution is 2.35. The van der Waals surface area contributed by atoms with Crippen molar-refractivity contribution in [3.05, 3.63) is 95.5 Å². The van der Waals surface area contributed by atoms with E-state index < -0.39 is 5.76 Å². The summed E-state index contributed by atoms with van der Waals surface area (Å²) >= 11 is 0. The summed E-state index contributed by atoms with van der Waals surface area (Å²) in [6, 6.07) is 19.9. The van der Waals surface area contributed by atoms with Crippen LogP contribution in [0.1, 0.15) is 5.56 Å². The average molecular weight is 472 g/mol. The van der Waals surface area contributed by atoms with E-state index in [1.54, 1.807) is 53.4 Å². The fourth-order valence-electron chi connectivity index (χ4n) is 4.00. The number of carbonyl (C=O) groups excluding carboxylic acids is 1. The van der Waals surface area contributed by atoms with Gasteiger partial charge in [-0.2, -0.15) is 0 Å². The molecule has 1 aromatic heterocycles. The van der Waals surface area contributed by atoms with Crippen molar-refractivity contribution < 1.29 is 23.4 Å². The largest absolute Gasteiger partial charge is 0.489 e. The number of rotatable bonds is 8. The summed E-state index contributed by atoms with van der Waals surface area (Å²) in [6.07, 6.45) is 1.66. The lowest BCUT2D eigenvalue weighted by Crippen LogP contribution is -2.35. The summed E-state index contributed by atoms with van der Waals surface area (Å²) in [5.41, 5.74) is 2.41. The van der Waals surface area contributed by atoms with Crippen LogP contribution in [0.25, 0.3) is 11.1 Å². The van der Waals surface area contributed by atoms with Crippen molar-refractivity contribution in [3.8, 4) is 17.2 Å². The molecular formula is C27H24N2O6. The van der Waals surface area contributed by atoms with Gasteiger partial charge in [0.1, 0.15) is 32.1 Å². The molecule has 4 aromatic rings. The number of aromatic nitrogens is 1. The summed E-state index contributed by atoms with van der Waals surface area (Å²) in [5.74, 6) is 0.951. The van der Waals surface area contributed by atoms with Crippen molar-refractivity contribution >= 4 is 22.7 Å². The maximum Gasteiger partial charge on any atom is 0.420 e. The fourth-order valence-corrected chi connectivity index (χ4v) is 4.00. The second kappa shape index (κ2) is 9.80. The lowest BCUT2D eigenvalue weighted by Gasteiger charge is -2.26. The van der Waals surface area contributed by atoms with E-state index >= 15 is 0 Å². The van der Waals surface area contributed by atoms with Crippen LogP contribution < -0.4 is 24.9 Å². The molecule has 0 aliphatic carbocycles. The third-order valence-electron chi connectivity index (χ3n) is 5.66. The Labute approximate surface area is 201 Å². The molecule has 3 aromatic carbocycles. The Morgan fingerprint density at radius 3 is 2.66 bits per heavy atom. The summed E-state index contributed by atoms with van der Waals surface area (Å²) in [6.45, 7) is 4.97. The Bertz CT molecular complexity index is 1440. The molecule has 2 heterocycles. The first-order valence-electron chi connectivity index (χ1n) is 11.2. The van der Waals surface area contributed by atoms with Crippen molar-refractivity contribution in [1.29, 1.82) is 0 Å². The number of carbonyl (C=O) groups is 1. The van der Waals surface area contributed by atoms with Gasteiger partial charge in [0.05, 0.1) is 12.1 Å². The van der Waals surface area contributed by atoms with Crippen LogP contribution >= 0.6 is 0 Å². The Morgan fingerprint density at radius 1 is 1.03 bits per heavy atom. The van der Waals surface area contributed by atoms with Gasteiger partial charge in [0.15, 0.2) is 17.1 Å². The molecule has 0 spiro atoms. The molecule has 0 saturated heterocycles. The Balaban J connectivity index is 1.52. The highest BCUT2D eigenvalue weighted by molar-refractivity contribution is 5.94. The van der Waals surface area contributed by atoms with Gasteiger partial charge in [0.2, 0.25) is 5.91 Å². The number of anilines is 1. The predicted molar refractivity (Wildman–Crippen MR) is 131 cm³/mol. The van der Waals surface area contributed by atoms with Gasteiger partial charge in [0, 0.05) is 17.3 Å². The zero-order chi connectivity index (χ0) is 24.2. The first-order chi connectivity index (χ1) is 17.1. The van der Waals surface area contributed by atoms with Gasteiger partial charge < -0.3 is 23.5 Å². The number of ether oxygens (including phenoxy) is 3. The molecule has 178 valence electrons. The van der Waals surface area contributed by atoms with E-state index in [1.807, 2.05) is 24.3 Å². The van der Waals surface area contributed by atoms with E-state index in [4.69, 9.17) is 18.6 Å². The van der Waals surface area contributed by atoms with Crippen LogP contribution in [0.5, 0.6) is 17.2 Å². The zero-order valence-corrected chi connectivity index (χ0v) is 19.0. The topological polar surface area (TPSA) is 83.1 Å². The molecule has 0 fully saturated rings. The minimum Gasteiger partial charge on any atom is -0.489 e. The zero-order valence-electron chi connectivity index (χ0n) is 19.0. The number of fused-ring (bicyclic) bond motifs is 2. The molecule has 8 nitrogen and oxygen atoms in total. The van der Waals surface area contributed by atoms with Crippen LogP contribution in [0.2, 0.25) is 0 Å². The minimum absolute atomic E-state index is 0.194. The Morgan fingerprint density at radius 2 is 1.80 bits per heavy atom. The summed E-state index contributed by atoms with van der Waals surface area (Å²) in [7, 11) is 0. The number of hydrogen-bond donors (Lipinski definition) is 0. The first kappa shape index (κ1) is 22.3. The molecule has 0 saturated carbocycles. The van der Waals surface area contributed by atoms with Crippen LogP contribution in [-0.4, -0.2) is 30.3 Å². The molecule has 0 atom stereocenters. The van der Waals surface area contributed by atoms with Crippen LogP contribution in [-0.2, 0) is 17.9 Å². The van der Waals surface area contributed by atoms with E-state index in [0.29, 0.717) is 53.9 Å². The number of amides is 1. The smallest absolute Gasteiger partial charge is 0.420 e. The third-order valence-corrected chi connectivity index (χ3v) is 5.66. The highest BCUT2D eigenvalue weighted by Gasteiger charge is 2.23. The average Bonchev–Trinajstić information content (AvgIpc) is 3.21. The van der Waals surface area contributed by atoms with Crippen molar-refractivity contribution in [2.75, 3.05) is 24.7 Å². The van der Waals surface area contributed by atoms with Crippen molar-refractivity contribution in [3.63, 3.8) is 0 Å². The molecule has 0 radical (unpaired) electrons. The van der Waals surface area contributed by atoms with Gasteiger partial charge in [-0.3, -0.25) is 9.36 Å². The minimum atomic E-state index is -0.587. The molecule has 0 N–H and O–H groups in total. The van der Waals surface area contributed by atoms with E-state index in [-0.39, 0.29) is 19.0 Å². The molecule has 1 aliphatic rings. The molecule has 0 unspecified atom stereocenters. The second-order valence-electron chi connectivity index (χ2n) is 7.94. The molecule has 1 amide bonds. The molecule has 5 rings (SSSR count). The summed E-state index contributed by atoms with van der Waals surface area (Å²) < 4.78 is 23.8. The maximum absolute atomic E-state index is 13.7. The standard InChI is InChI=1S/C27H24N2O6/c1-2-13-32-22-9-5-3-7-19(22)17-28(20-11-12-24-25(16-20)34-15-14-33-24)26(30)18-29-21-8-4-6-10-23(21)35-27(29)31/h2-12,16H,1,13-15,17-18H2. The SMILES string of the molecule is C=CCOc1ccccc1CN(C(=O)Cn1c(=O)oc2ccccc21)c1ccc2c(c1)OCCO2. The monoisotopic (exact) mass is 472 g/mol. The molecule has 0 bridgehead atoms. The van der Waals surface area contributed by atoms with Gasteiger partial charge in [-0.25, -0.2) is 4.79 Å². The van der Waals surface area contributed by atoms with Gasteiger partial charge in [-0.05, 0) is 30.3 Å². The fraction of sp³-hybridized carbons (Fsp3) is 0.185. The van der Waals surface area contributed by atoms with Crippen molar-refractivity contribution in [2.24, 2.45) is 0 Å². The third kappa shape index (κ3) is 4.63. The number of oxazole rings is 1. The van der Waals surface area contributed by atoms with Crippen LogP contribution in [0.4, 0.5) is 5.69 Å². The van der Waals surface area contributed by atoms with Gasteiger partial charge in [-0.1, -0.05) is 43.0 Å². The van der Waals surface area contributed by atoms with Crippen LogP contribution in [0, 0.1) is 0 Å². The van der Waals surface area contributed by atoms with Gasteiger partial charge in [0.25, 0.3) is 0 Å². The van der Waals surface area contributed by atoms with E-state index in [0.717, 1.165) is 5.56 Å². The molecule has 8 heteroatoms. The summed E-state index contributed by atoms with van der Waals surface area (Å²) in [4.78, 5) is 27.8. The van der Waals surface area contributed by atoms with E-state index in [2.05, 4.69) is 6.58 Å². The maximum atomic E-state index is 13.7. The predicted octanol–water partition coefficient (Wildman–Crippen LogP) is 4.16. The Kier molecular flexibility index (Phi) is 6.26. The quantitative estimate of drug-likeness (QED) is 0.358. The first-order valence-corrected chi connectivity index (χ1v) is 11.2. The number of hydrogen-bond acceptors (Lipinski definition) is 6. The normalized spacial score (nSPS) is 12.3. The van der Waals surface area contributed by atoms with Crippen molar-refractivity contribution in [2.45, 2.75) is 13.1 Å². The lowest BCUT2D eigenvalue weighted by atomic mass is 10.1. The molecule has 35 heavy (non-hydrogen) atoms. The van der Waals surface area contributed by atoms with Crippen LogP contribution in [0.15, 0.2) is 88.6 Å². The van der Waals surface area contributed by atoms with Gasteiger partial charge in [-0.15, -0.1) is 0 Å². The second-order valence-corrected chi connectivity index (χ2v) is 7.94.